The highest BCUT2D eigenvalue weighted by Gasteiger charge is 2.71. The summed E-state index contributed by atoms with van der Waals surface area (Å²) in [5.41, 5.74) is 0. The van der Waals surface area contributed by atoms with E-state index < -0.39 is 28.7 Å². The van der Waals surface area contributed by atoms with E-state index in [9.17, 15) is 19.5 Å². The topological polar surface area (TPSA) is 81.2 Å². The lowest BCUT2D eigenvalue weighted by Crippen LogP contribution is -2.57. The zero-order valence-corrected chi connectivity index (χ0v) is 18.8. The van der Waals surface area contributed by atoms with Crippen LogP contribution in [-0.2, 0) is 14.4 Å². The van der Waals surface area contributed by atoms with Crippen LogP contribution in [-0.4, -0.2) is 92.4 Å². The smallest absolute Gasteiger partial charge is 0.247 e. The Morgan fingerprint density at radius 1 is 1.17 bits per heavy atom. The van der Waals surface area contributed by atoms with E-state index >= 15 is 0 Å². The van der Waals surface area contributed by atoms with Crippen LogP contribution in [0, 0.1) is 11.8 Å². The third kappa shape index (κ3) is 2.87. The van der Waals surface area contributed by atoms with Gasteiger partial charge in [-0.05, 0) is 20.3 Å². The second kappa shape index (κ2) is 7.71. The van der Waals surface area contributed by atoms with Crippen LogP contribution >= 0.6 is 11.8 Å². The molecule has 4 aliphatic heterocycles. The number of likely N-dealkylation sites (tertiary alicyclic amines) is 1. The van der Waals surface area contributed by atoms with Gasteiger partial charge in [0, 0.05) is 31.4 Å². The molecule has 0 saturated carbocycles. The first-order valence-electron chi connectivity index (χ1n) is 10.8. The molecule has 30 heavy (non-hydrogen) atoms. The first kappa shape index (κ1) is 21.4. The van der Waals surface area contributed by atoms with Gasteiger partial charge in [0.2, 0.25) is 17.7 Å². The van der Waals surface area contributed by atoms with Crippen LogP contribution in [0.5, 0.6) is 0 Å². The number of aliphatic hydroxyl groups is 1. The van der Waals surface area contributed by atoms with E-state index in [1.165, 1.54) is 0 Å². The minimum atomic E-state index is -0.798. The van der Waals surface area contributed by atoms with Crippen molar-refractivity contribution in [3.63, 3.8) is 0 Å². The molecule has 7 nitrogen and oxygen atoms in total. The molecular formula is C22H31N3O4S. The minimum Gasteiger partial charge on any atom is -0.394 e. The molecule has 2 saturated heterocycles. The number of rotatable bonds is 4. The zero-order chi connectivity index (χ0) is 21.8. The molecule has 0 aromatic heterocycles. The second-order valence-corrected chi connectivity index (χ2v) is 10.5. The van der Waals surface area contributed by atoms with Gasteiger partial charge in [-0.3, -0.25) is 14.4 Å². The summed E-state index contributed by atoms with van der Waals surface area (Å²) in [5, 5.41) is 9.89. The molecule has 1 N–H and O–H groups in total. The number of hydrogen-bond acceptors (Lipinski definition) is 5. The van der Waals surface area contributed by atoms with Gasteiger partial charge in [0.15, 0.2) is 0 Å². The first-order valence-corrected chi connectivity index (χ1v) is 11.7. The highest BCUT2D eigenvalue weighted by atomic mass is 32.2. The second-order valence-electron chi connectivity index (χ2n) is 8.97. The Kier molecular flexibility index (Phi) is 5.51. The average Bonchev–Trinajstić information content (AvgIpc) is 3.03. The van der Waals surface area contributed by atoms with E-state index in [4.69, 9.17) is 0 Å². The molecule has 164 valence electrons. The predicted octanol–water partition coefficient (Wildman–Crippen LogP) is 0.890. The van der Waals surface area contributed by atoms with Crippen molar-refractivity contribution in [1.82, 2.24) is 14.7 Å². The van der Waals surface area contributed by atoms with Gasteiger partial charge in [-0.1, -0.05) is 31.2 Å². The van der Waals surface area contributed by atoms with Gasteiger partial charge in [-0.15, -0.1) is 11.8 Å². The van der Waals surface area contributed by atoms with Crippen molar-refractivity contribution in [1.29, 1.82) is 0 Å². The maximum atomic E-state index is 13.9. The Morgan fingerprint density at radius 2 is 1.90 bits per heavy atom. The number of thioether (sulfide) groups is 1. The van der Waals surface area contributed by atoms with Gasteiger partial charge >= 0.3 is 0 Å². The van der Waals surface area contributed by atoms with Crippen molar-refractivity contribution in [2.45, 2.75) is 55.3 Å². The number of hydrogen-bond donors (Lipinski definition) is 1. The fourth-order valence-corrected chi connectivity index (χ4v) is 7.49. The number of fused-ring (bicyclic) bond motifs is 2. The molecule has 2 fully saturated rings. The molecule has 6 atom stereocenters. The van der Waals surface area contributed by atoms with E-state index in [2.05, 4.69) is 0 Å². The van der Waals surface area contributed by atoms with Crippen LogP contribution < -0.4 is 0 Å². The maximum Gasteiger partial charge on any atom is 0.247 e. The quantitative estimate of drug-likeness (QED) is 0.666. The van der Waals surface area contributed by atoms with Crippen LogP contribution in [0.15, 0.2) is 24.3 Å². The summed E-state index contributed by atoms with van der Waals surface area (Å²) in [4.78, 5) is 46.0. The Morgan fingerprint density at radius 3 is 2.53 bits per heavy atom. The molecule has 0 aromatic carbocycles. The van der Waals surface area contributed by atoms with E-state index in [-0.39, 0.29) is 35.6 Å². The molecule has 4 rings (SSSR count). The van der Waals surface area contributed by atoms with Gasteiger partial charge in [0.1, 0.15) is 6.04 Å². The SMILES string of the molecule is CC[C@@H](CO)N1C(=O)[C@@H]2[C@H]3C(=O)N(C)CC=C[C@H]3S[C@@]23C=CCN(C(C)C)C(=O)C13. The zero-order valence-electron chi connectivity index (χ0n) is 18.0. The fourth-order valence-electron chi connectivity index (χ4n) is 5.49. The van der Waals surface area contributed by atoms with Crippen molar-refractivity contribution >= 4 is 29.5 Å². The number of carbonyl (C=O) groups is 3. The van der Waals surface area contributed by atoms with E-state index in [0.29, 0.717) is 19.5 Å². The first-order chi connectivity index (χ1) is 14.3. The normalized spacial score (nSPS) is 36.7. The summed E-state index contributed by atoms with van der Waals surface area (Å²) in [6.45, 7) is 6.66. The standard InChI is InChI=1S/C22H31N3O4S/c1-5-14(12-26)25-18-21(29)24(13(2)3)11-7-9-22(18)17(20(25)28)16-15(30-22)8-6-10-23(4)19(16)27/h6-9,13-18,26H,5,10-12H2,1-4H3/t14-,15+,16-,17-,18?,22-/m0/s1. The average molecular weight is 434 g/mol. The van der Waals surface area contributed by atoms with Crippen molar-refractivity contribution in [2.75, 3.05) is 26.7 Å². The van der Waals surface area contributed by atoms with E-state index in [1.54, 1.807) is 33.5 Å². The monoisotopic (exact) mass is 433 g/mol. The molecule has 4 heterocycles. The molecule has 1 unspecified atom stereocenters. The van der Waals surface area contributed by atoms with Gasteiger partial charge in [0.05, 0.1) is 29.2 Å². The molecule has 8 heteroatoms. The van der Waals surface area contributed by atoms with Gasteiger partial charge in [0.25, 0.3) is 0 Å². The summed E-state index contributed by atoms with van der Waals surface area (Å²) in [6.07, 6.45) is 8.57. The maximum absolute atomic E-state index is 13.9. The van der Waals surface area contributed by atoms with Crippen LogP contribution in [0.4, 0.5) is 0 Å². The predicted molar refractivity (Wildman–Crippen MR) is 116 cm³/mol. The summed E-state index contributed by atoms with van der Waals surface area (Å²) >= 11 is 1.58. The summed E-state index contributed by atoms with van der Waals surface area (Å²) in [7, 11) is 1.76. The van der Waals surface area contributed by atoms with Crippen molar-refractivity contribution < 1.29 is 19.5 Å². The van der Waals surface area contributed by atoms with Crippen molar-refractivity contribution in [2.24, 2.45) is 11.8 Å². The number of amides is 3. The van der Waals surface area contributed by atoms with Crippen LogP contribution in [0.2, 0.25) is 0 Å². The van der Waals surface area contributed by atoms with Gasteiger partial charge in [-0.2, -0.15) is 0 Å². The summed E-state index contributed by atoms with van der Waals surface area (Å²) in [5.74, 6) is -1.43. The minimum absolute atomic E-state index is 0.00736. The number of aliphatic hydroxyl groups excluding tert-OH is 1. The lowest BCUT2D eigenvalue weighted by atomic mass is 9.78. The highest BCUT2D eigenvalue weighted by Crippen LogP contribution is 2.61. The third-order valence-corrected chi connectivity index (χ3v) is 8.77. The largest absolute Gasteiger partial charge is 0.394 e. The number of nitrogens with zero attached hydrogens (tertiary/aromatic N) is 3. The lowest BCUT2D eigenvalue weighted by molar-refractivity contribution is -0.147. The van der Waals surface area contributed by atoms with Gasteiger partial charge < -0.3 is 19.8 Å². The Bertz CT molecular complexity index is 808. The number of carbonyl (C=O) groups excluding carboxylic acids is 3. The molecule has 3 amide bonds. The van der Waals surface area contributed by atoms with Crippen molar-refractivity contribution in [3.05, 3.63) is 24.3 Å². The van der Waals surface area contributed by atoms with Crippen LogP contribution in [0.25, 0.3) is 0 Å². The molecule has 0 aliphatic carbocycles. The van der Waals surface area contributed by atoms with Crippen molar-refractivity contribution in [3.8, 4) is 0 Å². The Hall–Kier alpha value is -1.80. The highest BCUT2D eigenvalue weighted by molar-refractivity contribution is 8.02. The Labute approximate surface area is 182 Å². The third-order valence-electron chi connectivity index (χ3n) is 7.03. The number of likely N-dealkylation sites (N-methyl/N-ethyl adjacent to an activating group) is 1. The van der Waals surface area contributed by atoms with E-state index in [1.807, 2.05) is 45.1 Å². The summed E-state index contributed by atoms with van der Waals surface area (Å²) < 4.78 is -0.798. The van der Waals surface area contributed by atoms with Gasteiger partial charge in [-0.25, -0.2) is 0 Å². The lowest BCUT2D eigenvalue weighted by Gasteiger charge is -2.39. The molecule has 1 spiro atoms. The molecular weight excluding hydrogens is 402 g/mol. The molecule has 4 aliphatic rings. The fraction of sp³-hybridized carbons (Fsp3) is 0.682. The molecule has 0 bridgehead atoms. The van der Waals surface area contributed by atoms with E-state index in [0.717, 1.165) is 0 Å². The van der Waals surface area contributed by atoms with Crippen LogP contribution in [0.1, 0.15) is 27.2 Å². The summed E-state index contributed by atoms with van der Waals surface area (Å²) in [6, 6.07) is -1.16. The molecule has 0 aromatic rings. The van der Waals surface area contributed by atoms with Crippen LogP contribution in [0.3, 0.4) is 0 Å². The molecule has 0 radical (unpaired) electrons. The Balaban J connectivity index is 1.88.